The molecule has 3 rings (SSSR count). The molecule has 0 unspecified atom stereocenters. The van der Waals surface area contributed by atoms with Crippen LogP contribution >= 0.6 is 15.9 Å². The van der Waals surface area contributed by atoms with Crippen molar-refractivity contribution in [1.82, 2.24) is 4.90 Å². The van der Waals surface area contributed by atoms with Crippen LogP contribution in [0.25, 0.3) is 0 Å². The van der Waals surface area contributed by atoms with Gasteiger partial charge in [0.05, 0.1) is 6.54 Å². The smallest absolute Gasteiger partial charge is 0.238 e. The number of anilines is 1. The molecule has 4 heteroatoms. The van der Waals surface area contributed by atoms with Gasteiger partial charge in [-0.1, -0.05) is 45.8 Å². The third kappa shape index (κ3) is 4.68. The molecule has 0 radical (unpaired) electrons. The SMILES string of the molecule is Cc1ccc(CN(CC(=O)Nc2ccc(Br)cc2C)C2CC2)cc1. The van der Waals surface area contributed by atoms with Crippen LogP contribution in [0.15, 0.2) is 46.9 Å². The molecule has 0 aliphatic heterocycles. The molecule has 1 aliphatic rings. The monoisotopic (exact) mass is 386 g/mol. The fraction of sp³-hybridized carbons (Fsp3) is 0.350. The minimum absolute atomic E-state index is 0.0550. The van der Waals surface area contributed by atoms with Crippen LogP contribution in [0.2, 0.25) is 0 Å². The van der Waals surface area contributed by atoms with E-state index in [1.54, 1.807) is 0 Å². The van der Waals surface area contributed by atoms with Gasteiger partial charge in [0.2, 0.25) is 5.91 Å². The van der Waals surface area contributed by atoms with E-state index in [4.69, 9.17) is 0 Å². The first-order valence-electron chi connectivity index (χ1n) is 8.37. The number of nitrogens with zero attached hydrogens (tertiary/aromatic N) is 1. The fourth-order valence-electron chi connectivity index (χ4n) is 2.82. The molecule has 0 spiro atoms. The molecule has 24 heavy (non-hydrogen) atoms. The molecule has 0 atom stereocenters. The third-order valence-electron chi connectivity index (χ3n) is 4.38. The Hall–Kier alpha value is -1.65. The number of carbonyl (C=O) groups excluding carboxylic acids is 1. The van der Waals surface area contributed by atoms with Gasteiger partial charge in [0.1, 0.15) is 0 Å². The highest BCUT2D eigenvalue weighted by molar-refractivity contribution is 9.10. The lowest BCUT2D eigenvalue weighted by Crippen LogP contribution is -2.34. The predicted molar refractivity (Wildman–Crippen MR) is 102 cm³/mol. The molecule has 1 aliphatic carbocycles. The largest absolute Gasteiger partial charge is 0.325 e. The molecular weight excluding hydrogens is 364 g/mol. The van der Waals surface area contributed by atoms with Gasteiger partial charge in [-0.15, -0.1) is 0 Å². The van der Waals surface area contributed by atoms with E-state index in [9.17, 15) is 4.79 Å². The number of benzene rings is 2. The fourth-order valence-corrected chi connectivity index (χ4v) is 3.30. The van der Waals surface area contributed by atoms with Crippen molar-refractivity contribution in [2.24, 2.45) is 0 Å². The van der Waals surface area contributed by atoms with Crippen LogP contribution in [-0.4, -0.2) is 23.4 Å². The lowest BCUT2D eigenvalue weighted by Gasteiger charge is -2.22. The highest BCUT2D eigenvalue weighted by atomic mass is 79.9. The Bertz CT molecular complexity index is 723. The van der Waals surface area contributed by atoms with Crippen molar-refractivity contribution in [2.45, 2.75) is 39.3 Å². The van der Waals surface area contributed by atoms with Gasteiger partial charge in [-0.25, -0.2) is 0 Å². The molecule has 1 N–H and O–H groups in total. The van der Waals surface area contributed by atoms with E-state index < -0.39 is 0 Å². The first-order chi connectivity index (χ1) is 11.5. The van der Waals surface area contributed by atoms with Crippen molar-refractivity contribution in [3.05, 3.63) is 63.6 Å². The highest BCUT2D eigenvalue weighted by Crippen LogP contribution is 2.28. The second-order valence-electron chi connectivity index (χ2n) is 6.63. The van der Waals surface area contributed by atoms with Crippen LogP contribution in [0.3, 0.4) is 0 Å². The molecule has 0 saturated heterocycles. The number of amides is 1. The Kier molecular flexibility index (Phi) is 5.36. The molecule has 0 bridgehead atoms. The van der Waals surface area contributed by atoms with Gasteiger partial charge in [-0.3, -0.25) is 9.69 Å². The van der Waals surface area contributed by atoms with Gasteiger partial charge >= 0.3 is 0 Å². The number of hydrogen-bond acceptors (Lipinski definition) is 2. The zero-order valence-corrected chi connectivity index (χ0v) is 15.8. The lowest BCUT2D eigenvalue weighted by molar-refractivity contribution is -0.117. The molecule has 3 nitrogen and oxygen atoms in total. The average molecular weight is 387 g/mol. The van der Waals surface area contributed by atoms with Gasteiger partial charge in [0, 0.05) is 22.7 Å². The van der Waals surface area contributed by atoms with Crippen molar-refractivity contribution in [3.63, 3.8) is 0 Å². The van der Waals surface area contributed by atoms with Crippen molar-refractivity contribution in [1.29, 1.82) is 0 Å². The summed E-state index contributed by atoms with van der Waals surface area (Å²) in [5, 5.41) is 3.04. The third-order valence-corrected chi connectivity index (χ3v) is 4.87. The summed E-state index contributed by atoms with van der Waals surface area (Å²) >= 11 is 3.45. The van der Waals surface area contributed by atoms with E-state index in [-0.39, 0.29) is 5.91 Å². The first-order valence-corrected chi connectivity index (χ1v) is 9.16. The summed E-state index contributed by atoms with van der Waals surface area (Å²) in [6, 6.07) is 15.0. The van der Waals surface area contributed by atoms with Crippen molar-refractivity contribution in [3.8, 4) is 0 Å². The highest BCUT2D eigenvalue weighted by Gasteiger charge is 2.30. The van der Waals surface area contributed by atoms with E-state index in [1.807, 2.05) is 25.1 Å². The Morgan fingerprint density at radius 3 is 2.50 bits per heavy atom. The van der Waals surface area contributed by atoms with Gasteiger partial charge in [0.25, 0.3) is 0 Å². The molecule has 1 fully saturated rings. The zero-order chi connectivity index (χ0) is 17.1. The molecule has 0 aromatic heterocycles. The number of aryl methyl sites for hydroxylation is 2. The minimum Gasteiger partial charge on any atom is -0.325 e. The number of nitrogens with one attached hydrogen (secondary N) is 1. The van der Waals surface area contributed by atoms with Gasteiger partial charge in [0.15, 0.2) is 0 Å². The van der Waals surface area contributed by atoms with Gasteiger partial charge < -0.3 is 5.32 Å². The summed E-state index contributed by atoms with van der Waals surface area (Å²) in [5.74, 6) is 0.0550. The Morgan fingerprint density at radius 2 is 1.88 bits per heavy atom. The maximum Gasteiger partial charge on any atom is 0.238 e. The predicted octanol–water partition coefficient (Wildman–Crippen LogP) is 4.67. The van der Waals surface area contributed by atoms with Crippen LogP contribution in [-0.2, 0) is 11.3 Å². The Balaban J connectivity index is 1.62. The van der Waals surface area contributed by atoms with Gasteiger partial charge in [-0.2, -0.15) is 0 Å². The van der Waals surface area contributed by atoms with Crippen LogP contribution in [0.1, 0.15) is 29.5 Å². The number of carbonyl (C=O) groups is 1. The minimum atomic E-state index is 0.0550. The summed E-state index contributed by atoms with van der Waals surface area (Å²) in [6.07, 6.45) is 2.38. The van der Waals surface area contributed by atoms with Crippen LogP contribution in [0, 0.1) is 13.8 Å². The van der Waals surface area contributed by atoms with Gasteiger partial charge in [-0.05, 0) is 56.0 Å². The standard InChI is InChI=1S/C20H23BrN2O/c1-14-3-5-16(6-4-14)12-23(18-8-9-18)13-20(24)22-19-10-7-17(21)11-15(19)2/h3-7,10-11,18H,8-9,12-13H2,1-2H3,(H,22,24). The van der Waals surface area contributed by atoms with E-state index >= 15 is 0 Å². The topological polar surface area (TPSA) is 32.3 Å². The van der Waals surface area contributed by atoms with E-state index in [1.165, 1.54) is 24.0 Å². The van der Waals surface area contributed by atoms with Crippen LogP contribution in [0.4, 0.5) is 5.69 Å². The molecule has 1 saturated carbocycles. The van der Waals surface area contributed by atoms with E-state index in [0.29, 0.717) is 12.6 Å². The maximum atomic E-state index is 12.5. The summed E-state index contributed by atoms with van der Waals surface area (Å²) < 4.78 is 1.02. The lowest BCUT2D eigenvalue weighted by atomic mass is 10.1. The molecule has 0 heterocycles. The maximum absolute atomic E-state index is 12.5. The van der Waals surface area contributed by atoms with Crippen molar-refractivity contribution >= 4 is 27.5 Å². The molecule has 126 valence electrons. The molecule has 2 aromatic carbocycles. The number of halogens is 1. The Morgan fingerprint density at radius 1 is 1.17 bits per heavy atom. The van der Waals surface area contributed by atoms with E-state index in [2.05, 4.69) is 57.3 Å². The first kappa shape index (κ1) is 17.2. The molecule has 2 aromatic rings. The summed E-state index contributed by atoms with van der Waals surface area (Å²) in [4.78, 5) is 14.8. The molecule has 1 amide bonds. The molecular formula is C20H23BrN2O. The van der Waals surface area contributed by atoms with Crippen molar-refractivity contribution in [2.75, 3.05) is 11.9 Å². The van der Waals surface area contributed by atoms with Crippen molar-refractivity contribution < 1.29 is 4.79 Å². The summed E-state index contributed by atoms with van der Waals surface area (Å²) in [7, 11) is 0. The summed E-state index contributed by atoms with van der Waals surface area (Å²) in [5.41, 5.74) is 4.48. The van der Waals surface area contributed by atoms with Crippen LogP contribution < -0.4 is 5.32 Å². The second kappa shape index (κ2) is 7.49. The van der Waals surface area contributed by atoms with E-state index in [0.717, 1.165) is 22.3 Å². The number of rotatable bonds is 6. The number of hydrogen-bond donors (Lipinski definition) is 1. The van der Waals surface area contributed by atoms with Crippen LogP contribution in [0.5, 0.6) is 0 Å². The quantitative estimate of drug-likeness (QED) is 0.781. The normalized spacial score (nSPS) is 14.0. The second-order valence-corrected chi connectivity index (χ2v) is 7.54. The summed E-state index contributed by atoms with van der Waals surface area (Å²) in [6.45, 7) is 5.37. The Labute approximate surface area is 152 Å². The zero-order valence-electron chi connectivity index (χ0n) is 14.2. The average Bonchev–Trinajstić information content (AvgIpc) is 3.36.